The van der Waals surface area contributed by atoms with E-state index in [1.54, 1.807) is 13.1 Å². The highest BCUT2D eigenvalue weighted by atomic mass is 32.1. The highest BCUT2D eigenvalue weighted by Gasteiger charge is 2.27. The van der Waals surface area contributed by atoms with Crippen molar-refractivity contribution in [3.8, 4) is 22.0 Å². The number of aromatic nitrogens is 3. The van der Waals surface area contributed by atoms with Crippen molar-refractivity contribution in [2.45, 2.75) is 26.8 Å². The molecule has 9 heteroatoms. The van der Waals surface area contributed by atoms with Crippen molar-refractivity contribution in [1.29, 1.82) is 0 Å². The summed E-state index contributed by atoms with van der Waals surface area (Å²) in [5, 5.41) is 5.90. The number of hydrogen-bond donors (Lipinski definition) is 2. The minimum Gasteiger partial charge on any atom is -0.450 e. The molecule has 2 aromatic heterocycles. The zero-order chi connectivity index (χ0) is 21.7. The molecule has 0 fully saturated rings. The fourth-order valence-corrected chi connectivity index (χ4v) is 3.95. The van der Waals surface area contributed by atoms with E-state index in [0.717, 1.165) is 22.0 Å². The average Bonchev–Trinajstić information content (AvgIpc) is 3.32. The molecule has 1 unspecified atom stereocenters. The number of nitrogens with zero attached hydrogens (tertiary/aromatic N) is 3. The van der Waals surface area contributed by atoms with Gasteiger partial charge in [-0.2, -0.15) is 0 Å². The van der Waals surface area contributed by atoms with Gasteiger partial charge in [-0.15, -0.1) is 0 Å². The van der Waals surface area contributed by atoms with E-state index in [2.05, 4.69) is 20.6 Å². The predicted octanol–water partition coefficient (Wildman–Crippen LogP) is 3.92. The second-order valence-electron chi connectivity index (χ2n) is 7.00. The maximum absolute atomic E-state index is 12.9. The number of carbonyl (C=O) groups excluding carboxylic acids is 2. The predicted molar refractivity (Wildman–Crippen MR) is 117 cm³/mol. The number of ether oxygens (including phenoxy) is 1. The number of amides is 2. The Morgan fingerprint density at radius 3 is 2.57 bits per heavy atom. The summed E-state index contributed by atoms with van der Waals surface area (Å²) in [4.78, 5) is 34.6. The molecule has 30 heavy (non-hydrogen) atoms. The Morgan fingerprint density at radius 1 is 1.23 bits per heavy atom. The Balaban J connectivity index is 1.91. The van der Waals surface area contributed by atoms with Crippen LogP contribution in [-0.2, 0) is 16.6 Å². The van der Waals surface area contributed by atoms with E-state index in [9.17, 15) is 9.59 Å². The number of rotatable bonds is 7. The van der Waals surface area contributed by atoms with Crippen LogP contribution in [0.25, 0.3) is 22.0 Å². The quantitative estimate of drug-likeness (QED) is 0.596. The molecule has 2 amide bonds. The van der Waals surface area contributed by atoms with Gasteiger partial charge in [0.15, 0.2) is 11.0 Å². The second kappa shape index (κ2) is 9.53. The van der Waals surface area contributed by atoms with E-state index in [1.807, 2.05) is 62.0 Å². The molecule has 0 aliphatic carbocycles. The molecule has 158 valence electrons. The first-order chi connectivity index (χ1) is 14.4. The van der Waals surface area contributed by atoms with Gasteiger partial charge < -0.3 is 19.9 Å². The van der Waals surface area contributed by atoms with Crippen LogP contribution in [0, 0.1) is 5.92 Å². The smallest absolute Gasteiger partial charge is 0.407 e. The number of carbonyl (C=O) groups is 2. The maximum atomic E-state index is 12.9. The van der Waals surface area contributed by atoms with E-state index >= 15 is 0 Å². The van der Waals surface area contributed by atoms with E-state index < -0.39 is 12.1 Å². The summed E-state index contributed by atoms with van der Waals surface area (Å²) in [5.41, 5.74) is 1.67. The third-order valence-corrected chi connectivity index (χ3v) is 5.39. The molecule has 0 saturated carbocycles. The summed E-state index contributed by atoms with van der Waals surface area (Å²) in [7, 11) is 1.91. The summed E-state index contributed by atoms with van der Waals surface area (Å²) in [6, 6.07) is 9.00. The molecule has 1 atom stereocenters. The number of alkyl carbamates (subject to hydrolysis) is 1. The third kappa shape index (κ3) is 4.85. The third-order valence-electron chi connectivity index (χ3n) is 4.43. The zero-order valence-electron chi connectivity index (χ0n) is 17.4. The molecule has 2 N–H and O–H groups in total. The summed E-state index contributed by atoms with van der Waals surface area (Å²) in [6.45, 7) is 5.65. The summed E-state index contributed by atoms with van der Waals surface area (Å²) >= 11 is 1.34. The number of hydrogen-bond acceptors (Lipinski definition) is 6. The second-order valence-corrected chi connectivity index (χ2v) is 8.00. The number of anilines is 1. The van der Waals surface area contributed by atoms with Crippen LogP contribution in [0.1, 0.15) is 20.8 Å². The first kappa shape index (κ1) is 21.5. The lowest BCUT2D eigenvalue weighted by atomic mass is 10.0. The molecule has 0 saturated heterocycles. The molecule has 0 radical (unpaired) electrons. The largest absolute Gasteiger partial charge is 0.450 e. The molecule has 0 aliphatic heterocycles. The Labute approximate surface area is 179 Å². The average molecular weight is 428 g/mol. The lowest BCUT2D eigenvalue weighted by Crippen LogP contribution is -2.47. The first-order valence-electron chi connectivity index (χ1n) is 9.68. The van der Waals surface area contributed by atoms with Gasteiger partial charge in [0.2, 0.25) is 5.91 Å². The van der Waals surface area contributed by atoms with Crippen LogP contribution < -0.4 is 10.6 Å². The number of benzene rings is 1. The molecule has 0 spiro atoms. The Morgan fingerprint density at radius 2 is 1.97 bits per heavy atom. The van der Waals surface area contributed by atoms with Crippen LogP contribution in [0.4, 0.5) is 9.93 Å². The molecule has 0 aliphatic rings. The van der Waals surface area contributed by atoms with E-state index in [-0.39, 0.29) is 18.4 Å². The van der Waals surface area contributed by atoms with Gasteiger partial charge in [-0.3, -0.25) is 4.79 Å². The van der Waals surface area contributed by atoms with Gasteiger partial charge >= 0.3 is 6.09 Å². The molecule has 2 heterocycles. The topological polar surface area (TPSA) is 98.1 Å². The maximum Gasteiger partial charge on any atom is 0.407 e. The normalized spacial score (nSPS) is 11.9. The fourth-order valence-electron chi connectivity index (χ4n) is 2.92. The van der Waals surface area contributed by atoms with Crippen LogP contribution in [0.15, 0.2) is 42.7 Å². The number of thiazole rings is 1. The standard InChI is InChI=1S/C21H25N5O3S/c1-5-29-21(28)24-15(13(2)3)19(27)25-20-23-16(14-9-7-6-8-10-14)17(30-20)18-22-11-12-26(18)4/h6-13,15H,5H2,1-4H3,(H,24,28)(H,23,25,27). The van der Waals surface area contributed by atoms with Crippen molar-refractivity contribution in [2.75, 3.05) is 11.9 Å². The summed E-state index contributed by atoms with van der Waals surface area (Å²) in [6.07, 6.45) is 2.96. The van der Waals surface area contributed by atoms with Gasteiger partial charge in [0.05, 0.1) is 17.2 Å². The van der Waals surface area contributed by atoms with Crippen molar-refractivity contribution in [3.63, 3.8) is 0 Å². The van der Waals surface area contributed by atoms with E-state index in [4.69, 9.17) is 4.74 Å². The monoisotopic (exact) mass is 427 g/mol. The number of aryl methyl sites for hydroxylation is 1. The fraction of sp³-hybridized carbons (Fsp3) is 0.333. The van der Waals surface area contributed by atoms with Crippen molar-refractivity contribution < 1.29 is 14.3 Å². The van der Waals surface area contributed by atoms with Crippen molar-refractivity contribution in [1.82, 2.24) is 19.9 Å². The molecule has 0 bridgehead atoms. The zero-order valence-corrected chi connectivity index (χ0v) is 18.2. The van der Waals surface area contributed by atoms with Crippen molar-refractivity contribution in [2.24, 2.45) is 13.0 Å². The lowest BCUT2D eigenvalue weighted by Gasteiger charge is -2.20. The minimum absolute atomic E-state index is 0.128. The highest BCUT2D eigenvalue weighted by Crippen LogP contribution is 2.38. The Bertz CT molecular complexity index is 1010. The first-order valence-corrected chi connectivity index (χ1v) is 10.5. The molecule has 3 rings (SSSR count). The molecular weight excluding hydrogens is 402 g/mol. The van der Waals surface area contributed by atoms with E-state index in [0.29, 0.717) is 5.13 Å². The van der Waals surface area contributed by atoms with Crippen LogP contribution in [0.2, 0.25) is 0 Å². The van der Waals surface area contributed by atoms with Crippen molar-refractivity contribution >= 4 is 28.5 Å². The minimum atomic E-state index is -0.746. The molecular formula is C21H25N5O3S. The Kier molecular flexibility index (Phi) is 6.83. The van der Waals surface area contributed by atoms with Gasteiger partial charge in [0.1, 0.15) is 6.04 Å². The van der Waals surface area contributed by atoms with Gasteiger partial charge in [-0.1, -0.05) is 55.5 Å². The molecule has 8 nitrogen and oxygen atoms in total. The van der Waals surface area contributed by atoms with Gasteiger partial charge in [-0.05, 0) is 12.8 Å². The van der Waals surface area contributed by atoms with Gasteiger partial charge in [-0.25, -0.2) is 14.8 Å². The van der Waals surface area contributed by atoms with Crippen LogP contribution >= 0.6 is 11.3 Å². The summed E-state index contributed by atoms with van der Waals surface area (Å²) < 4.78 is 6.82. The SMILES string of the molecule is CCOC(=O)NC(C(=O)Nc1nc(-c2ccccc2)c(-c2nccn2C)s1)C(C)C. The number of nitrogens with one attached hydrogen (secondary N) is 2. The van der Waals surface area contributed by atoms with E-state index in [1.165, 1.54) is 11.3 Å². The van der Waals surface area contributed by atoms with Gasteiger partial charge in [0, 0.05) is 25.0 Å². The Hall–Kier alpha value is -3.20. The van der Waals surface area contributed by atoms with Crippen LogP contribution in [-0.4, -0.2) is 39.2 Å². The van der Waals surface area contributed by atoms with Crippen LogP contribution in [0.5, 0.6) is 0 Å². The highest BCUT2D eigenvalue weighted by molar-refractivity contribution is 7.19. The van der Waals surface area contributed by atoms with Gasteiger partial charge in [0.25, 0.3) is 0 Å². The van der Waals surface area contributed by atoms with Crippen molar-refractivity contribution in [3.05, 3.63) is 42.7 Å². The lowest BCUT2D eigenvalue weighted by molar-refractivity contribution is -0.119. The molecule has 3 aromatic rings. The molecule has 1 aromatic carbocycles. The summed E-state index contributed by atoms with van der Waals surface area (Å²) in [5.74, 6) is 0.284. The van der Waals surface area contributed by atoms with Crippen LogP contribution in [0.3, 0.4) is 0 Å². The number of imidazole rings is 1.